The Kier molecular flexibility index (Phi) is 3.50. The maximum atomic E-state index is 10.9. The molecule has 0 heterocycles. The number of esters is 1. The van der Waals surface area contributed by atoms with Gasteiger partial charge in [0.05, 0.1) is 13.5 Å². The SMILES string of the molecule is CCc1ccc(CC(=O)OC)cc1. The van der Waals surface area contributed by atoms with Crippen LogP contribution in [0.15, 0.2) is 24.3 Å². The summed E-state index contributed by atoms with van der Waals surface area (Å²) in [5.74, 6) is -0.191. The number of aryl methyl sites for hydroxylation is 1. The van der Waals surface area contributed by atoms with Gasteiger partial charge in [-0.3, -0.25) is 4.79 Å². The summed E-state index contributed by atoms with van der Waals surface area (Å²) in [5.41, 5.74) is 2.29. The van der Waals surface area contributed by atoms with E-state index in [4.69, 9.17) is 0 Å². The monoisotopic (exact) mass is 178 g/mol. The van der Waals surface area contributed by atoms with Gasteiger partial charge >= 0.3 is 5.97 Å². The first kappa shape index (κ1) is 9.78. The predicted octanol–water partition coefficient (Wildman–Crippen LogP) is 1.96. The van der Waals surface area contributed by atoms with Crippen LogP contribution in [0.25, 0.3) is 0 Å². The van der Waals surface area contributed by atoms with Crippen LogP contribution in [0.2, 0.25) is 0 Å². The number of ether oxygens (including phenoxy) is 1. The summed E-state index contributed by atoms with van der Waals surface area (Å²) in [7, 11) is 1.41. The van der Waals surface area contributed by atoms with Gasteiger partial charge in [-0.1, -0.05) is 31.2 Å². The molecule has 0 aliphatic rings. The maximum absolute atomic E-state index is 10.9. The Morgan fingerprint density at radius 1 is 1.23 bits per heavy atom. The molecule has 0 aliphatic heterocycles. The lowest BCUT2D eigenvalue weighted by atomic mass is 10.1. The number of carbonyl (C=O) groups is 1. The van der Waals surface area contributed by atoms with Gasteiger partial charge in [0.2, 0.25) is 0 Å². The molecule has 0 saturated heterocycles. The van der Waals surface area contributed by atoms with Crippen LogP contribution in [-0.2, 0) is 22.4 Å². The molecule has 0 amide bonds. The lowest BCUT2D eigenvalue weighted by Gasteiger charge is -2.00. The van der Waals surface area contributed by atoms with Crippen molar-refractivity contribution < 1.29 is 9.53 Å². The highest BCUT2D eigenvalue weighted by Crippen LogP contribution is 2.05. The van der Waals surface area contributed by atoms with E-state index < -0.39 is 0 Å². The molecule has 0 aromatic heterocycles. The second-order valence-electron chi connectivity index (χ2n) is 2.92. The molecule has 0 unspecified atom stereocenters. The van der Waals surface area contributed by atoms with E-state index >= 15 is 0 Å². The fraction of sp³-hybridized carbons (Fsp3) is 0.364. The van der Waals surface area contributed by atoms with E-state index in [1.807, 2.05) is 24.3 Å². The normalized spacial score (nSPS) is 9.69. The third kappa shape index (κ3) is 2.90. The van der Waals surface area contributed by atoms with Crippen molar-refractivity contribution >= 4 is 5.97 Å². The standard InChI is InChI=1S/C11H14O2/c1-3-9-4-6-10(7-5-9)8-11(12)13-2/h4-7H,3,8H2,1-2H3. The summed E-state index contributed by atoms with van der Waals surface area (Å²) in [5, 5.41) is 0. The summed E-state index contributed by atoms with van der Waals surface area (Å²) in [4.78, 5) is 10.9. The van der Waals surface area contributed by atoms with Gasteiger partial charge in [-0.05, 0) is 17.5 Å². The number of rotatable bonds is 3. The summed E-state index contributed by atoms with van der Waals surface area (Å²) in [6.07, 6.45) is 1.39. The van der Waals surface area contributed by atoms with Gasteiger partial charge < -0.3 is 4.74 Å². The topological polar surface area (TPSA) is 26.3 Å². The van der Waals surface area contributed by atoms with Crippen LogP contribution in [0.1, 0.15) is 18.1 Å². The van der Waals surface area contributed by atoms with Gasteiger partial charge in [0.1, 0.15) is 0 Å². The van der Waals surface area contributed by atoms with E-state index in [2.05, 4.69) is 11.7 Å². The molecule has 0 fully saturated rings. The average molecular weight is 178 g/mol. The number of methoxy groups -OCH3 is 1. The fourth-order valence-electron chi connectivity index (χ4n) is 1.13. The first-order valence-electron chi connectivity index (χ1n) is 4.41. The molecular formula is C11H14O2. The Morgan fingerprint density at radius 2 is 1.77 bits per heavy atom. The molecular weight excluding hydrogens is 164 g/mol. The average Bonchev–Trinajstić information content (AvgIpc) is 2.19. The third-order valence-corrected chi connectivity index (χ3v) is 2.01. The lowest BCUT2D eigenvalue weighted by Crippen LogP contribution is -2.04. The van der Waals surface area contributed by atoms with Crippen molar-refractivity contribution in [2.24, 2.45) is 0 Å². The Labute approximate surface area is 78.5 Å². The van der Waals surface area contributed by atoms with E-state index in [1.165, 1.54) is 12.7 Å². The van der Waals surface area contributed by atoms with E-state index in [-0.39, 0.29) is 5.97 Å². The maximum Gasteiger partial charge on any atom is 0.309 e. The van der Waals surface area contributed by atoms with Crippen LogP contribution in [0.5, 0.6) is 0 Å². The smallest absolute Gasteiger partial charge is 0.309 e. The number of carbonyl (C=O) groups excluding carboxylic acids is 1. The molecule has 2 heteroatoms. The Hall–Kier alpha value is -1.31. The summed E-state index contributed by atoms with van der Waals surface area (Å²) < 4.78 is 4.57. The van der Waals surface area contributed by atoms with Crippen molar-refractivity contribution in [3.63, 3.8) is 0 Å². The van der Waals surface area contributed by atoms with Crippen molar-refractivity contribution in [2.75, 3.05) is 7.11 Å². The third-order valence-electron chi connectivity index (χ3n) is 2.01. The molecule has 1 aromatic rings. The van der Waals surface area contributed by atoms with Gasteiger partial charge in [-0.15, -0.1) is 0 Å². The summed E-state index contributed by atoms with van der Waals surface area (Å²) in [6.45, 7) is 2.11. The molecule has 0 bridgehead atoms. The minimum Gasteiger partial charge on any atom is -0.469 e. The highest BCUT2D eigenvalue weighted by molar-refractivity contribution is 5.72. The van der Waals surface area contributed by atoms with E-state index in [0.717, 1.165) is 12.0 Å². The summed E-state index contributed by atoms with van der Waals surface area (Å²) >= 11 is 0. The van der Waals surface area contributed by atoms with E-state index in [9.17, 15) is 4.79 Å². The minimum atomic E-state index is -0.191. The second kappa shape index (κ2) is 4.65. The molecule has 13 heavy (non-hydrogen) atoms. The van der Waals surface area contributed by atoms with Crippen molar-refractivity contribution in [2.45, 2.75) is 19.8 Å². The first-order valence-corrected chi connectivity index (χ1v) is 4.41. The lowest BCUT2D eigenvalue weighted by molar-refractivity contribution is -0.139. The molecule has 0 spiro atoms. The molecule has 1 rings (SSSR count). The number of hydrogen-bond acceptors (Lipinski definition) is 2. The molecule has 0 saturated carbocycles. The molecule has 70 valence electrons. The number of hydrogen-bond donors (Lipinski definition) is 0. The van der Waals surface area contributed by atoms with Gasteiger partial charge in [0.15, 0.2) is 0 Å². The molecule has 1 aromatic carbocycles. The molecule has 0 aliphatic carbocycles. The van der Waals surface area contributed by atoms with Crippen molar-refractivity contribution in [3.8, 4) is 0 Å². The van der Waals surface area contributed by atoms with Crippen LogP contribution < -0.4 is 0 Å². The minimum absolute atomic E-state index is 0.191. The van der Waals surface area contributed by atoms with Gasteiger partial charge in [0.25, 0.3) is 0 Å². The van der Waals surface area contributed by atoms with Crippen LogP contribution in [0.3, 0.4) is 0 Å². The zero-order valence-electron chi connectivity index (χ0n) is 8.04. The van der Waals surface area contributed by atoms with Gasteiger partial charge in [-0.25, -0.2) is 0 Å². The molecule has 0 radical (unpaired) electrons. The van der Waals surface area contributed by atoms with Crippen molar-refractivity contribution in [1.29, 1.82) is 0 Å². The van der Waals surface area contributed by atoms with Gasteiger partial charge in [0, 0.05) is 0 Å². The predicted molar refractivity (Wildman–Crippen MR) is 51.5 cm³/mol. The zero-order chi connectivity index (χ0) is 9.68. The van der Waals surface area contributed by atoms with E-state index in [0.29, 0.717) is 6.42 Å². The Balaban J connectivity index is 2.64. The van der Waals surface area contributed by atoms with Crippen LogP contribution in [0.4, 0.5) is 0 Å². The fourth-order valence-corrected chi connectivity index (χ4v) is 1.13. The highest BCUT2D eigenvalue weighted by Gasteiger charge is 2.01. The van der Waals surface area contributed by atoms with Crippen molar-refractivity contribution in [3.05, 3.63) is 35.4 Å². The van der Waals surface area contributed by atoms with E-state index in [1.54, 1.807) is 0 Å². The zero-order valence-corrected chi connectivity index (χ0v) is 8.04. The largest absolute Gasteiger partial charge is 0.469 e. The Morgan fingerprint density at radius 3 is 2.23 bits per heavy atom. The van der Waals surface area contributed by atoms with Crippen LogP contribution in [0, 0.1) is 0 Å². The Bertz CT molecular complexity index is 275. The molecule has 0 N–H and O–H groups in total. The van der Waals surface area contributed by atoms with Crippen molar-refractivity contribution in [1.82, 2.24) is 0 Å². The number of benzene rings is 1. The highest BCUT2D eigenvalue weighted by atomic mass is 16.5. The molecule has 2 nitrogen and oxygen atoms in total. The summed E-state index contributed by atoms with van der Waals surface area (Å²) in [6, 6.07) is 8.02. The van der Waals surface area contributed by atoms with Crippen LogP contribution in [-0.4, -0.2) is 13.1 Å². The first-order chi connectivity index (χ1) is 6.26. The quantitative estimate of drug-likeness (QED) is 0.661. The molecule has 0 atom stereocenters. The second-order valence-corrected chi connectivity index (χ2v) is 2.92. The van der Waals surface area contributed by atoms with Crippen LogP contribution >= 0.6 is 0 Å². The van der Waals surface area contributed by atoms with Gasteiger partial charge in [-0.2, -0.15) is 0 Å².